The van der Waals surface area contributed by atoms with Crippen molar-refractivity contribution in [3.8, 4) is 0 Å². The summed E-state index contributed by atoms with van der Waals surface area (Å²) in [7, 11) is 0. The van der Waals surface area contributed by atoms with Crippen LogP contribution in [-0.2, 0) is 12.6 Å². The zero-order valence-corrected chi connectivity index (χ0v) is 13.9. The largest absolute Gasteiger partial charge is 0.418 e. The van der Waals surface area contributed by atoms with Gasteiger partial charge in [0.1, 0.15) is 0 Å². The first-order chi connectivity index (χ1) is 11.4. The molecular formula is C19H23F3N2. The second-order valence-electron chi connectivity index (χ2n) is 6.84. The van der Waals surface area contributed by atoms with Crippen molar-refractivity contribution in [1.82, 2.24) is 9.88 Å². The van der Waals surface area contributed by atoms with E-state index in [9.17, 15) is 13.2 Å². The van der Waals surface area contributed by atoms with Gasteiger partial charge in [-0.2, -0.15) is 13.2 Å². The van der Waals surface area contributed by atoms with Crippen LogP contribution in [0.15, 0.2) is 30.5 Å². The molecule has 1 atom stereocenters. The lowest BCUT2D eigenvalue weighted by molar-refractivity contribution is -0.136. The van der Waals surface area contributed by atoms with Crippen molar-refractivity contribution in [1.29, 1.82) is 0 Å². The smallest absolute Gasteiger partial charge is 0.303 e. The first-order valence-electron chi connectivity index (χ1n) is 8.61. The molecule has 0 unspecified atom stereocenters. The Balaban J connectivity index is 1.82. The molecule has 1 fully saturated rings. The molecule has 0 radical (unpaired) electrons. The van der Waals surface area contributed by atoms with Gasteiger partial charge in [0.05, 0.1) is 11.1 Å². The van der Waals surface area contributed by atoms with Crippen LogP contribution in [0.4, 0.5) is 13.2 Å². The van der Waals surface area contributed by atoms with Gasteiger partial charge < -0.3 is 4.90 Å². The summed E-state index contributed by atoms with van der Waals surface area (Å²) in [4.78, 5) is 6.47. The Morgan fingerprint density at radius 3 is 2.58 bits per heavy atom. The first kappa shape index (κ1) is 17.2. The summed E-state index contributed by atoms with van der Waals surface area (Å²) in [6.07, 6.45) is 1.71. The molecule has 2 heterocycles. The average Bonchev–Trinajstić information content (AvgIpc) is 2.54. The number of hydrogen-bond donors (Lipinski definition) is 0. The highest BCUT2D eigenvalue weighted by atomic mass is 19.4. The lowest BCUT2D eigenvalue weighted by Crippen LogP contribution is -2.34. The van der Waals surface area contributed by atoms with Crippen molar-refractivity contribution in [3.05, 3.63) is 41.6 Å². The maximum absolute atomic E-state index is 13.2. The fourth-order valence-electron chi connectivity index (χ4n) is 3.66. The van der Waals surface area contributed by atoms with Gasteiger partial charge in [-0.25, -0.2) is 0 Å². The van der Waals surface area contributed by atoms with E-state index >= 15 is 0 Å². The Labute approximate surface area is 140 Å². The number of pyridine rings is 1. The Bertz CT molecular complexity index is 691. The SMILES string of the molecule is C[C@H](Cc1ccnc2c(C(F)(F)F)cccc12)CN1CCCCC1. The molecule has 1 aromatic carbocycles. The van der Waals surface area contributed by atoms with E-state index < -0.39 is 11.7 Å². The van der Waals surface area contributed by atoms with Crippen molar-refractivity contribution < 1.29 is 13.2 Å². The summed E-state index contributed by atoms with van der Waals surface area (Å²) in [5.41, 5.74) is 0.369. The molecule has 24 heavy (non-hydrogen) atoms. The third-order valence-electron chi connectivity index (χ3n) is 4.75. The predicted molar refractivity (Wildman–Crippen MR) is 89.9 cm³/mol. The van der Waals surface area contributed by atoms with E-state index in [1.165, 1.54) is 31.5 Å². The van der Waals surface area contributed by atoms with Crippen molar-refractivity contribution in [2.75, 3.05) is 19.6 Å². The summed E-state index contributed by atoms with van der Waals surface area (Å²) in [5.74, 6) is 0.406. The number of aromatic nitrogens is 1. The zero-order valence-electron chi connectivity index (χ0n) is 13.9. The number of alkyl halides is 3. The monoisotopic (exact) mass is 336 g/mol. The molecule has 2 nitrogen and oxygen atoms in total. The van der Waals surface area contributed by atoms with E-state index in [0.29, 0.717) is 11.3 Å². The third-order valence-corrected chi connectivity index (χ3v) is 4.75. The molecule has 1 aromatic heterocycles. The van der Waals surface area contributed by atoms with E-state index in [-0.39, 0.29) is 5.52 Å². The highest BCUT2D eigenvalue weighted by molar-refractivity contribution is 5.85. The minimum Gasteiger partial charge on any atom is -0.303 e. The van der Waals surface area contributed by atoms with Crippen LogP contribution in [0, 0.1) is 5.92 Å². The molecule has 2 aromatic rings. The quantitative estimate of drug-likeness (QED) is 0.788. The van der Waals surface area contributed by atoms with E-state index in [2.05, 4.69) is 16.8 Å². The van der Waals surface area contributed by atoms with E-state index in [1.807, 2.05) is 6.07 Å². The maximum Gasteiger partial charge on any atom is 0.418 e. The van der Waals surface area contributed by atoms with Crippen LogP contribution < -0.4 is 0 Å². The molecule has 3 rings (SSSR count). The van der Waals surface area contributed by atoms with Gasteiger partial charge in [0, 0.05) is 18.1 Å². The summed E-state index contributed by atoms with van der Waals surface area (Å²) < 4.78 is 39.5. The summed E-state index contributed by atoms with van der Waals surface area (Å²) in [6.45, 7) is 5.45. The molecule has 1 aliphatic rings. The van der Waals surface area contributed by atoms with Crippen LogP contribution in [0.3, 0.4) is 0 Å². The van der Waals surface area contributed by atoms with Crippen LogP contribution in [0.2, 0.25) is 0 Å². The lowest BCUT2D eigenvalue weighted by Gasteiger charge is -2.29. The number of fused-ring (bicyclic) bond motifs is 1. The molecule has 130 valence electrons. The molecule has 1 aliphatic heterocycles. The highest BCUT2D eigenvalue weighted by Gasteiger charge is 2.33. The number of hydrogen-bond acceptors (Lipinski definition) is 2. The van der Waals surface area contributed by atoms with Crippen molar-refractivity contribution in [3.63, 3.8) is 0 Å². The Hall–Kier alpha value is -1.62. The number of benzene rings is 1. The Morgan fingerprint density at radius 1 is 1.12 bits per heavy atom. The van der Waals surface area contributed by atoms with Gasteiger partial charge in [0.2, 0.25) is 0 Å². The van der Waals surface area contributed by atoms with Gasteiger partial charge in [-0.3, -0.25) is 4.98 Å². The molecule has 0 N–H and O–H groups in total. The second-order valence-corrected chi connectivity index (χ2v) is 6.84. The molecular weight excluding hydrogens is 313 g/mol. The number of likely N-dealkylation sites (tertiary alicyclic amines) is 1. The zero-order chi connectivity index (χ0) is 17.2. The van der Waals surface area contributed by atoms with E-state index in [1.54, 1.807) is 6.07 Å². The van der Waals surface area contributed by atoms with Crippen LogP contribution in [0.1, 0.15) is 37.3 Å². The van der Waals surface area contributed by atoms with Gasteiger partial charge in [0.15, 0.2) is 0 Å². The van der Waals surface area contributed by atoms with Gasteiger partial charge in [-0.1, -0.05) is 25.5 Å². The summed E-state index contributed by atoms with van der Waals surface area (Å²) >= 11 is 0. The van der Waals surface area contributed by atoms with Crippen LogP contribution >= 0.6 is 0 Å². The highest BCUT2D eigenvalue weighted by Crippen LogP contribution is 2.34. The van der Waals surface area contributed by atoms with Crippen molar-refractivity contribution >= 4 is 10.9 Å². The standard InChI is InChI=1S/C19H23F3N2/c1-14(13-24-10-3-2-4-11-24)12-15-8-9-23-18-16(15)6-5-7-17(18)19(20,21)22/h5-9,14H,2-4,10-13H2,1H3/t14-/m1/s1. The fraction of sp³-hybridized carbons (Fsp3) is 0.526. The molecule has 0 aliphatic carbocycles. The molecule has 0 spiro atoms. The van der Waals surface area contributed by atoms with E-state index in [0.717, 1.165) is 37.7 Å². The summed E-state index contributed by atoms with van der Waals surface area (Å²) in [5, 5.41) is 0.623. The number of nitrogens with zero attached hydrogens (tertiary/aromatic N) is 2. The maximum atomic E-state index is 13.2. The Kier molecular flexibility index (Phi) is 5.09. The molecule has 1 saturated heterocycles. The molecule has 5 heteroatoms. The number of piperidine rings is 1. The van der Waals surface area contributed by atoms with Crippen LogP contribution in [0.25, 0.3) is 10.9 Å². The van der Waals surface area contributed by atoms with Gasteiger partial charge in [0.25, 0.3) is 0 Å². The molecule has 0 saturated carbocycles. The first-order valence-corrected chi connectivity index (χ1v) is 8.61. The normalized spacial score (nSPS) is 18.0. The molecule has 0 amide bonds. The predicted octanol–water partition coefficient (Wildman–Crippen LogP) is 4.92. The van der Waals surface area contributed by atoms with Crippen molar-refractivity contribution in [2.24, 2.45) is 5.92 Å². The Morgan fingerprint density at radius 2 is 1.88 bits per heavy atom. The van der Waals surface area contributed by atoms with Crippen molar-refractivity contribution in [2.45, 2.75) is 38.8 Å². The number of rotatable bonds is 4. The number of para-hydroxylation sites is 1. The lowest BCUT2D eigenvalue weighted by atomic mass is 9.96. The third kappa shape index (κ3) is 3.89. The van der Waals surface area contributed by atoms with E-state index in [4.69, 9.17) is 0 Å². The van der Waals surface area contributed by atoms with Crippen LogP contribution in [0.5, 0.6) is 0 Å². The van der Waals surface area contributed by atoms with Gasteiger partial charge >= 0.3 is 6.18 Å². The topological polar surface area (TPSA) is 16.1 Å². The second kappa shape index (κ2) is 7.09. The van der Waals surface area contributed by atoms with Gasteiger partial charge in [-0.05, 0) is 56.0 Å². The van der Waals surface area contributed by atoms with Crippen LogP contribution in [-0.4, -0.2) is 29.5 Å². The average molecular weight is 336 g/mol. The minimum absolute atomic E-state index is 0.0627. The molecule has 0 bridgehead atoms. The van der Waals surface area contributed by atoms with Gasteiger partial charge in [-0.15, -0.1) is 0 Å². The fourth-order valence-corrected chi connectivity index (χ4v) is 3.66. The summed E-state index contributed by atoms with van der Waals surface area (Å²) in [6, 6.07) is 6.19. The minimum atomic E-state index is -4.37. The number of halogens is 3.